The van der Waals surface area contributed by atoms with E-state index >= 15 is 0 Å². The molecular weight excluding hydrogens is 263 g/mol. The third kappa shape index (κ3) is 4.22. The molecule has 2 N–H and O–H groups in total. The number of halogens is 2. The van der Waals surface area contributed by atoms with E-state index in [-0.39, 0.29) is 18.4 Å². The smallest absolute Gasteiger partial charge is 0.106 e. The molecule has 1 aromatic rings. The SMILES string of the molecule is C=C(C)C[C@H](N)c1ccc(Br)nc1.Cl. The molecule has 0 aliphatic heterocycles. The van der Waals surface area contributed by atoms with Gasteiger partial charge in [0, 0.05) is 12.2 Å². The highest BCUT2D eigenvalue weighted by atomic mass is 79.9. The van der Waals surface area contributed by atoms with Crippen molar-refractivity contribution in [2.75, 3.05) is 0 Å². The molecule has 4 heteroatoms. The van der Waals surface area contributed by atoms with Crippen LogP contribution in [-0.2, 0) is 0 Å². The van der Waals surface area contributed by atoms with Crippen LogP contribution in [0, 0.1) is 0 Å². The van der Waals surface area contributed by atoms with Crippen molar-refractivity contribution in [3.63, 3.8) is 0 Å². The van der Waals surface area contributed by atoms with Crippen LogP contribution in [-0.4, -0.2) is 4.98 Å². The molecule has 0 radical (unpaired) electrons. The van der Waals surface area contributed by atoms with Gasteiger partial charge in [-0.3, -0.25) is 0 Å². The number of hydrogen-bond donors (Lipinski definition) is 1. The first kappa shape index (κ1) is 13.6. The molecule has 0 saturated heterocycles. The Labute approximate surface area is 99.1 Å². The average molecular weight is 278 g/mol. The van der Waals surface area contributed by atoms with E-state index in [9.17, 15) is 0 Å². The van der Waals surface area contributed by atoms with Crippen LogP contribution in [0.4, 0.5) is 0 Å². The zero-order valence-corrected chi connectivity index (χ0v) is 10.4. The molecule has 0 aliphatic carbocycles. The van der Waals surface area contributed by atoms with E-state index in [4.69, 9.17) is 5.73 Å². The summed E-state index contributed by atoms with van der Waals surface area (Å²) in [6.45, 7) is 5.81. The van der Waals surface area contributed by atoms with Gasteiger partial charge in [0.15, 0.2) is 0 Å². The summed E-state index contributed by atoms with van der Waals surface area (Å²) >= 11 is 3.28. The van der Waals surface area contributed by atoms with Crippen LogP contribution in [0.2, 0.25) is 0 Å². The molecule has 1 atom stereocenters. The lowest BCUT2D eigenvalue weighted by Gasteiger charge is -2.10. The van der Waals surface area contributed by atoms with Gasteiger partial charge in [0.1, 0.15) is 4.60 Å². The predicted octanol–water partition coefficient (Wildman–Crippen LogP) is 3.23. The molecule has 0 amide bonds. The molecule has 0 saturated carbocycles. The summed E-state index contributed by atoms with van der Waals surface area (Å²) in [7, 11) is 0. The second-order valence-corrected chi connectivity index (χ2v) is 3.99. The van der Waals surface area contributed by atoms with Gasteiger partial charge in [0.05, 0.1) is 0 Å². The number of hydrogen-bond acceptors (Lipinski definition) is 2. The first-order valence-corrected chi connectivity index (χ1v) is 4.90. The molecule has 0 aromatic carbocycles. The van der Waals surface area contributed by atoms with Crippen molar-refractivity contribution in [2.45, 2.75) is 19.4 Å². The molecule has 1 heterocycles. The number of rotatable bonds is 3. The highest BCUT2D eigenvalue weighted by molar-refractivity contribution is 9.10. The summed E-state index contributed by atoms with van der Waals surface area (Å²) in [4.78, 5) is 4.11. The Balaban J connectivity index is 0.00000169. The van der Waals surface area contributed by atoms with Gasteiger partial charge in [-0.15, -0.1) is 19.0 Å². The number of aromatic nitrogens is 1. The lowest BCUT2D eigenvalue weighted by Crippen LogP contribution is -2.10. The van der Waals surface area contributed by atoms with Crippen molar-refractivity contribution in [2.24, 2.45) is 5.73 Å². The fraction of sp³-hybridized carbons (Fsp3) is 0.300. The second-order valence-electron chi connectivity index (χ2n) is 3.18. The lowest BCUT2D eigenvalue weighted by atomic mass is 10.0. The van der Waals surface area contributed by atoms with Crippen LogP contribution in [0.1, 0.15) is 24.9 Å². The number of pyridine rings is 1. The van der Waals surface area contributed by atoms with Crippen LogP contribution in [0.3, 0.4) is 0 Å². The Morgan fingerprint density at radius 3 is 2.71 bits per heavy atom. The van der Waals surface area contributed by atoms with Gasteiger partial charge >= 0.3 is 0 Å². The topological polar surface area (TPSA) is 38.9 Å². The molecular formula is C10H14BrClN2. The Morgan fingerprint density at radius 2 is 2.29 bits per heavy atom. The minimum atomic E-state index is 0. The van der Waals surface area contributed by atoms with E-state index < -0.39 is 0 Å². The standard InChI is InChI=1S/C10H13BrN2.ClH/c1-7(2)5-9(12)8-3-4-10(11)13-6-8;/h3-4,6,9H,1,5,12H2,2H3;1H/t9-;/m0./s1. The lowest BCUT2D eigenvalue weighted by molar-refractivity contribution is 0.713. The molecule has 0 spiro atoms. The fourth-order valence-electron chi connectivity index (χ4n) is 1.10. The molecule has 0 aliphatic rings. The van der Waals surface area contributed by atoms with E-state index in [1.165, 1.54) is 0 Å². The van der Waals surface area contributed by atoms with Crippen LogP contribution >= 0.6 is 28.3 Å². The van der Waals surface area contributed by atoms with Gasteiger partial charge in [0.25, 0.3) is 0 Å². The maximum Gasteiger partial charge on any atom is 0.106 e. The van der Waals surface area contributed by atoms with Gasteiger partial charge in [-0.1, -0.05) is 11.6 Å². The summed E-state index contributed by atoms with van der Waals surface area (Å²) in [6.07, 6.45) is 2.60. The summed E-state index contributed by atoms with van der Waals surface area (Å²) in [5.74, 6) is 0. The van der Waals surface area contributed by atoms with Gasteiger partial charge in [0.2, 0.25) is 0 Å². The predicted molar refractivity (Wildman–Crippen MR) is 65.5 cm³/mol. The number of nitrogens with two attached hydrogens (primary N) is 1. The van der Waals surface area contributed by atoms with Crippen LogP contribution in [0.15, 0.2) is 35.1 Å². The quantitative estimate of drug-likeness (QED) is 0.680. The van der Waals surface area contributed by atoms with Gasteiger partial charge in [-0.05, 0) is 40.9 Å². The van der Waals surface area contributed by atoms with E-state index in [0.717, 1.165) is 22.2 Å². The van der Waals surface area contributed by atoms with Crippen molar-refractivity contribution < 1.29 is 0 Å². The van der Waals surface area contributed by atoms with E-state index in [1.807, 2.05) is 19.1 Å². The maximum absolute atomic E-state index is 5.93. The minimum absolute atomic E-state index is 0. The van der Waals surface area contributed by atoms with Crippen molar-refractivity contribution in [1.29, 1.82) is 0 Å². The highest BCUT2D eigenvalue weighted by Gasteiger charge is 2.05. The Bertz CT molecular complexity index is 297. The summed E-state index contributed by atoms with van der Waals surface area (Å²) in [6, 6.07) is 3.89. The van der Waals surface area contributed by atoms with Gasteiger partial charge in [-0.2, -0.15) is 0 Å². The van der Waals surface area contributed by atoms with Crippen molar-refractivity contribution in [3.05, 3.63) is 40.6 Å². The maximum atomic E-state index is 5.93. The molecule has 0 unspecified atom stereocenters. The van der Waals surface area contributed by atoms with Crippen molar-refractivity contribution in [3.8, 4) is 0 Å². The number of nitrogens with zero attached hydrogens (tertiary/aromatic N) is 1. The van der Waals surface area contributed by atoms with Crippen LogP contribution in [0.25, 0.3) is 0 Å². The molecule has 78 valence electrons. The second kappa shape index (κ2) is 6.17. The summed E-state index contributed by atoms with van der Waals surface area (Å²) in [5, 5.41) is 0. The molecule has 0 bridgehead atoms. The van der Waals surface area contributed by atoms with E-state index in [1.54, 1.807) is 6.20 Å². The molecule has 2 nitrogen and oxygen atoms in total. The monoisotopic (exact) mass is 276 g/mol. The normalized spacial score (nSPS) is 11.6. The highest BCUT2D eigenvalue weighted by Crippen LogP contribution is 2.17. The molecule has 1 aromatic heterocycles. The third-order valence-electron chi connectivity index (χ3n) is 1.75. The first-order valence-electron chi connectivity index (χ1n) is 4.11. The van der Waals surface area contributed by atoms with Crippen molar-refractivity contribution in [1.82, 2.24) is 4.98 Å². The fourth-order valence-corrected chi connectivity index (χ4v) is 1.33. The molecule has 14 heavy (non-hydrogen) atoms. The Morgan fingerprint density at radius 1 is 1.64 bits per heavy atom. The van der Waals surface area contributed by atoms with E-state index in [2.05, 4.69) is 27.5 Å². The molecule has 1 rings (SSSR count). The van der Waals surface area contributed by atoms with E-state index in [0.29, 0.717) is 0 Å². The van der Waals surface area contributed by atoms with Crippen LogP contribution in [0.5, 0.6) is 0 Å². The summed E-state index contributed by atoms with van der Waals surface area (Å²) < 4.78 is 0.832. The third-order valence-corrected chi connectivity index (χ3v) is 2.22. The van der Waals surface area contributed by atoms with Gasteiger partial charge < -0.3 is 5.73 Å². The zero-order valence-electron chi connectivity index (χ0n) is 8.03. The largest absolute Gasteiger partial charge is 0.324 e. The van der Waals surface area contributed by atoms with Crippen molar-refractivity contribution >= 4 is 28.3 Å². The van der Waals surface area contributed by atoms with Gasteiger partial charge in [-0.25, -0.2) is 4.98 Å². The minimum Gasteiger partial charge on any atom is -0.324 e. The zero-order chi connectivity index (χ0) is 9.84. The van der Waals surface area contributed by atoms with Crippen LogP contribution < -0.4 is 5.73 Å². The Hall–Kier alpha value is -0.380. The summed E-state index contributed by atoms with van der Waals surface area (Å²) in [5.41, 5.74) is 8.07. The first-order chi connectivity index (χ1) is 6.09. The average Bonchev–Trinajstić information content (AvgIpc) is 2.04. The Kier molecular flexibility index (Phi) is 6.00. The molecule has 0 fully saturated rings.